The topological polar surface area (TPSA) is 52.0 Å². The van der Waals surface area contributed by atoms with E-state index in [2.05, 4.69) is 5.10 Å². The highest BCUT2D eigenvalue weighted by atomic mass is 35.5. The highest BCUT2D eigenvalue weighted by Crippen LogP contribution is 2.23. The molecule has 6 heteroatoms. The molecular weight excluding hydrogens is 212 g/mol. The van der Waals surface area contributed by atoms with Gasteiger partial charge in [-0.2, -0.15) is 5.10 Å². The van der Waals surface area contributed by atoms with E-state index in [0.717, 1.165) is 6.26 Å². The van der Waals surface area contributed by atoms with Crippen LogP contribution in [-0.2, 0) is 9.84 Å². The largest absolute Gasteiger partial charge is 0.250 e. The van der Waals surface area contributed by atoms with Crippen LogP contribution in [0.5, 0.6) is 0 Å². The van der Waals surface area contributed by atoms with Crippen molar-refractivity contribution in [2.75, 3.05) is 6.26 Å². The van der Waals surface area contributed by atoms with Gasteiger partial charge < -0.3 is 0 Å². The third-order valence-corrected chi connectivity index (χ3v) is 3.18. The maximum atomic E-state index is 11.2. The predicted octanol–water partition coefficient (Wildman–Crippen LogP) is 1.52. The summed E-state index contributed by atoms with van der Waals surface area (Å²) in [5.74, 6) is 0. The van der Waals surface area contributed by atoms with Gasteiger partial charge in [0, 0.05) is 12.3 Å². The molecule has 1 rings (SSSR count). The van der Waals surface area contributed by atoms with E-state index in [1.165, 1.54) is 10.9 Å². The minimum atomic E-state index is -3.26. The lowest BCUT2D eigenvalue weighted by Crippen LogP contribution is -2.03. The van der Waals surface area contributed by atoms with Crippen LogP contribution in [0.15, 0.2) is 11.1 Å². The smallest absolute Gasteiger partial charge is 0.180 e. The lowest BCUT2D eigenvalue weighted by Gasteiger charge is -2.06. The van der Waals surface area contributed by atoms with Gasteiger partial charge in [0.05, 0.1) is 6.20 Å². The van der Waals surface area contributed by atoms with Gasteiger partial charge in [-0.3, -0.25) is 4.68 Å². The quantitative estimate of drug-likeness (QED) is 0.763. The van der Waals surface area contributed by atoms with Crippen molar-refractivity contribution in [2.24, 2.45) is 0 Å². The van der Waals surface area contributed by atoms with Crippen LogP contribution in [-0.4, -0.2) is 24.5 Å². The Kier molecular flexibility index (Phi) is 2.68. The first kappa shape index (κ1) is 10.5. The van der Waals surface area contributed by atoms with Gasteiger partial charge in [-0.25, -0.2) is 8.42 Å². The minimum Gasteiger partial charge on any atom is -0.250 e. The summed E-state index contributed by atoms with van der Waals surface area (Å²) in [4.78, 5) is 0.0860. The van der Waals surface area contributed by atoms with Gasteiger partial charge in [0.15, 0.2) is 9.84 Å². The summed E-state index contributed by atoms with van der Waals surface area (Å²) < 4.78 is 23.8. The van der Waals surface area contributed by atoms with Crippen LogP contribution in [0.4, 0.5) is 0 Å². The van der Waals surface area contributed by atoms with E-state index in [1.54, 1.807) is 0 Å². The highest BCUT2D eigenvalue weighted by Gasteiger charge is 2.18. The number of halogens is 1. The van der Waals surface area contributed by atoms with E-state index in [0.29, 0.717) is 0 Å². The standard InChI is InChI=1S/C7H11ClN2O2S/c1-5(2)10-7(8)6(4-9-10)13(3,11)12/h4-5H,1-3H3. The first-order valence-corrected chi connectivity index (χ1v) is 6.04. The van der Waals surface area contributed by atoms with Crippen LogP contribution < -0.4 is 0 Å². The summed E-state index contributed by atoms with van der Waals surface area (Å²) in [5.41, 5.74) is 0. The van der Waals surface area contributed by atoms with Crippen molar-refractivity contribution in [3.63, 3.8) is 0 Å². The highest BCUT2D eigenvalue weighted by molar-refractivity contribution is 7.90. The average Bonchev–Trinajstić information content (AvgIpc) is 2.28. The number of aromatic nitrogens is 2. The monoisotopic (exact) mass is 222 g/mol. The summed E-state index contributed by atoms with van der Waals surface area (Å²) >= 11 is 5.83. The zero-order valence-corrected chi connectivity index (χ0v) is 9.22. The summed E-state index contributed by atoms with van der Waals surface area (Å²) in [6.07, 6.45) is 2.39. The van der Waals surface area contributed by atoms with Crippen molar-refractivity contribution in [3.8, 4) is 0 Å². The van der Waals surface area contributed by atoms with E-state index < -0.39 is 9.84 Å². The molecule has 1 aromatic heterocycles. The van der Waals surface area contributed by atoms with Crippen molar-refractivity contribution in [1.82, 2.24) is 9.78 Å². The number of nitrogens with zero attached hydrogens (tertiary/aromatic N) is 2. The second-order valence-electron chi connectivity index (χ2n) is 3.11. The summed E-state index contributed by atoms with van der Waals surface area (Å²) in [6, 6.07) is 0.0583. The minimum absolute atomic E-state index is 0.0583. The SMILES string of the molecule is CC(C)n1ncc(S(C)(=O)=O)c1Cl. The Morgan fingerprint density at radius 2 is 2.08 bits per heavy atom. The molecule has 0 N–H and O–H groups in total. The maximum Gasteiger partial charge on any atom is 0.180 e. The van der Waals surface area contributed by atoms with Gasteiger partial charge in [0.2, 0.25) is 0 Å². The fraction of sp³-hybridized carbons (Fsp3) is 0.571. The van der Waals surface area contributed by atoms with Crippen molar-refractivity contribution < 1.29 is 8.42 Å². The van der Waals surface area contributed by atoms with E-state index >= 15 is 0 Å². The van der Waals surface area contributed by atoms with Gasteiger partial charge in [-0.15, -0.1) is 0 Å². The van der Waals surface area contributed by atoms with Crippen LogP contribution >= 0.6 is 11.6 Å². The molecule has 0 aliphatic carbocycles. The third kappa shape index (κ3) is 2.03. The van der Waals surface area contributed by atoms with Crippen LogP contribution in [0.3, 0.4) is 0 Å². The third-order valence-electron chi connectivity index (χ3n) is 1.59. The molecule has 4 nitrogen and oxygen atoms in total. The average molecular weight is 223 g/mol. The Labute approximate surface area is 82.4 Å². The molecule has 0 aliphatic heterocycles. The zero-order valence-electron chi connectivity index (χ0n) is 7.65. The van der Waals surface area contributed by atoms with Crippen LogP contribution in [0.2, 0.25) is 5.15 Å². The van der Waals surface area contributed by atoms with Crippen molar-refractivity contribution in [2.45, 2.75) is 24.8 Å². The number of hydrogen-bond acceptors (Lipinski definition) is 3. The molecule has 13 heavy (non-hydrogen) atoms. The molecule has 0 saturated carbocycles. The van der Waals surface area contributed by atoms with E-state index in [1.807, 2.05) is 13.8 Å². The molecule has 0 radical (unpaired) electrons. The van der Waals surface area contributed by atoms with Gasteiger partial charge in [-0.1, -0.05) is 11.6 Å². The molecular formula is C7H11ClN2O2S. The Balaban J connectivity index is 3.30. The Morgan fingerprint density at radius 1 is 1.54 bits per heavy atom. The summed E-state index contributed by atoms with van der Waals surface area (Å²) in [7, 11) is -3.26. The van der Waals surface area contributed by atoms with Gasteiger partial charge in [-0.05, 0) is 13.8 Å². The lowest BCUT2D eigenvalue weighted by atomic mass is 10.4. The number of sulfone groups is 1. The Hall–Kier alpha value is -0.550. The van der Waals surface area contributed by atoms with Gasteiger partial charge in [0.1, 0.15) is 10.0 Å². The first-order valence-electron chi connectivity index (χ1n) is 3.77. The van der Waals surface area contributed by atoms with E-state index in [9.17, 15) is 8.42 Å². The van der Waals surface area contributed by atoms with Crippen LogP contribution in [0.25, 0.3) is 0 Å². The molecule has 1 heterocycles. The van der Waals surface area contributed by atoms with Crippen molar-refractivity contribution in [3.05, 3.63) is 11.3 Å². The van der Waals surface area contributed by atoms with Crippen LogP contribution in [0.1, 0.15) is 19.9 Å². The molecule has 0 spiro atoms. The summed E-state index contributed by atoms with van der Waals surface area (Å²) in [5, 5.41) is 4.07. The second-order valence-corrected chi connectivity index (χ2v) is 5.45. The fourth-order valence-corrected chi connectivity index (χ4v) is 2.29. The number of hydrogen-bond donors (Lipinski definition) is 0. The fourth-order valence-electron chi connectivity index (χ4n) is 0.940. The molecule has 0 saturated heterocycles. The maximum absolute atomic E-state index is 11.2. The Bertz CT molecular complexity index is 408. The molecule has 0 unspecified atom stereocenters. The van der Waals surface area contributed by atoms with Crippen molar-refractivity contribution in [1.29, 1.82) is 0 Å². The molecule has 74 valence electrons. The van der Waals surface area contributed by atoms with E-state index in [-0.39, 0.29) is 16.1 Å². The molecule has 0 atom stereocenters. The molecule has 0 aliphatic rings. The molecule has 1 aromatic rings. The van der Waals surface area contributed by atoms with Gasteiger partial charge >= 0.3 is 0 Å². The van der Waals surface area contributed by atoms with Crippen LogP contribution in [0, 0.1) is 0 Å². The molecule has 0 fully saturated rings. The molecule has 0 aromatic carbocycles. The molecule has 0 amide bonds. The first-order chi connectivity index (χ1) is 5.84. The second kappa shape index (κ2) is 3.31. The lowest BCUT2D eigenvalue weighted by molar-refractivity contribution is 0.532. The van der Waals surface area contributed by atoms with Gasteiger partial charge in [0.25, 0.3) is 0 Å². The van der Waals surface area contributed by atoms with E-state index in [4.69, 9.17) is 11.6 Å². The van der Waals surface area contributed by atoms with Crippen molar-refractivity contribution >= 4 is 21.4 Å². The molecule has 0 bridgehead atoms. The predicted molar refractivity (Wildman–Crippen MR) is 50.7 cm³/mol. The normalized spacial score (nSPS) is 12.4. The zero-order chi connectivity index (χ0) is 10.2. The number of rotatable bonds is 2. The Morgan fingerprint density at radius 3 is 2.31 bits per heavy atom. The summed E-state index contributed by atoms with van der Waals surface area (Å²) in [6.45, 7) is 3.76.